The smallest absolute Gasteiger partial charge is 0.316 e. The van der Waals surface area contributed by atoms with Crippen molar-refractivity contribution < 1.29 is 37.3 Å². The Hall–Kier alpha value is -4.33. The summed E-state index contributed by atoms with van der Waals surface area (Å²) in [5, 5.41) is 39.5. The van der Waals surface area contributed by atoms with E-state index >= 15 is 0 Å². The highest BCUT2D eigenvalue weighted by molar-refractivity contribution is 7.94. The molecule has 0 aliphatic rings. The van der Waals surface area contributed by atoms with Gasteiger partial charge in [0.1, 0.15) is 16.3 Å². The summed E-state index contributed by atoms with van der Waals surface area (Å²) in [6, 6.07) is 11.1. The SMILES string of the molecule is CNc1ccc(N=Nc2cc(Nc3ccc([N+](=O)[O-])cc3S(=O)(=O)O)ccc2SOOO)c(NC(N)=O)c1. The van der Waals surface area contributed by atoms with Crippen LogP contribution >= 0.6 is 12.0 Å². The van der Waals surface area contributed by atoms with Crippen molar-refractivity contribution in [3.63, 3.8) is 0 Å². The summed E-state index contributed by atoms with van der Waals surface area (Å²) in [7, 11) is -3.16. The Morgan fingerprint density at radius 3 is 2.39 bits per heavy atom. The summed E-state index contributed by atoms with van der Waals surface area (Å²) in [6.07, 6.45) is 0. The minimum absolute atomic E-state index is 0.120. The summed E-state index contributed by atoms with van der Waals surface area (Å²) in [5.74, 6) is 0. The molecule has 0 saturated carbocycles. The molecule has 0 aliphatic heterocycles. The van der Waals surface area contributed by atoms with Gasteiger partial charge in [-0.25, -0.2) is 10.1 Å². The molecule has 0 fully saturated rings. The van der Waals surface area contributed by atoms with Gasteiger partial charge in [-0.3, -0.25) is 14.7 Å². The van der Waals surface area contributed by atoms with Crippen LogP contribution in [0.1, 0.15) is 0 Å². The van der Waals surface area contributed by atoms with Crippen LogP contribution in [0.25, 0.3) is 0 Å². The van der Waals surface area contributed by atoms with Crippen molar-refractivity contribution in [3.05, 3.63) is 64.7 Å². The average Bonchev–Trinajstić information content (AvgIpc) is 2.86. The lowest BCUT2D eigenvalue weighted by molar-refractivity contribution is -0.432. The van der Waals surface area contributed by atoms with Crippen LogP contribution in [0, 0.1) is 10.1 Å². The lowest BCUT2D eigenvalue weighted by atomic mass is 10.2. The maximum Gasteiger partial charge on any atom is 0.316 e. The van der Waals surface area contributed by atoms with Gasteiger partial charge in [-0.1, -0.05) is 5.04 Å². The number of nitro groups is 1. The fourth-order valence-corrected chi connectivity index (χ4v) is 4.09. The maximum atomic E-state index is 11.8. The van der Waals surface area contributed by atoms with Crippen molar-refractivity contribution >= 4 is 68.0 Å². The molecule has 0 bridgehead atoms. The minimum atomic E-state index is -4.83. The Bertz CT molecular complexity index is 1500. The fourth-order valence-electron chi connectivity index (χ4n) is 3.01. The molecule has 0 spiro atoms. The summed E-state index contributed by atoms with van der Waals surface area (Å²) in [5.41, 5.74) is 5.99. The molecule has 0 unspecified atom stereocenters. The van der Waals surface area contributed by atoms with Gasteiger partial charge in [-0.05, 0) is 42.5 Å². The van der Waals surface area contributed by atoms with Crippen molar-refractivity contribution in [1.82, 2.24) is 0 Å². The molecule has 200 valence electrons. The third kappa shape index (κ3) is 7.35. The first kappa shape index (κ1) is 28.2. The molecule has 16 nitrogen and oxygen atoms in total. The third-order valence-corrected chi connectivity index (χ3v) is 6.20. The molecule has 0 atom stereocenters. The van der Waals surface area contributed by atoms with Gasteiger partial charge in [-0.2, -0.15) is 8.42 Å². The van der Waals surface area contributed by atoms with E-state index in [-0.39, 0.29) is 33.3 Å². The lowest BCUT2D eigenvalue weighted by Crippen LogP contribution is -2.19. The van der Waals surface area contributed by atoms with Gasteiger partial charge in [0.2, 0.25) is 0 Å². The van der Waals surface area contributed by atoms with E-state index < -0.39 is 31.7 Å². The molecule has 18 heteroatoms. The van der Waals surface area contributed by atoms with E-state index in [0.717, 1.165) is 12.1 Å². The zero-order valence-corrected chi connectivity index (χ0v) is 20.8. The molecule has 3 aromatic carbocycles. The van der Waals surface area contributed by atoms with Crippen LogP contribution in [0.4, 0.5) is 44.6 Å². The first-order chi connectivity index (χ1) is 18.0. The number of nitro benzene ring substituents is 1. The number of hydrogen-bond donors (Lipinski definition) is 6. The number of azo groups is 1. The summed E-state index contributed by atoms with van der Waals surface area (Å²) in [6.45, 7) is 0. The van der Waals surface area contributed by atoms with Crippen LogP contribution in [-0.4, -0.2) is 36.2 Å². The van der Waals surface area contributed by atoms with Gasteiger partial charge in [0.15, 0.2) is 0 Å². The van der Waals surface area contributed by atoms with Crippen LogP contribution in [0.2, 0.25) is 0 Å². The predicted molar refractivity (Wildman–Crippen MR) is 137 cm³/mol. The van der Waals surface area contributed by atoms with E-state index in [4.69, 9.17) is 11.0 Å². The number of benzene rings is 3. The normalized spacial score (nSPS) is 11.3. The number of nitrogens with zero attached hydrogens (tertiary/aromatic N) is 3. The molecule has 0 saturated heterocycles. The molecule has 3 aromatic rings. The topological polar surface area (TPSA) is 240 Å². The van der Waals surface area contributed by atoms with Crippen molar-refractivity contribution in [2.75, 3.05) is 23.0 Å². The monoisotopic (exact) mass is 565 g/mol. The van der Waals surface area contributed by atoms with Crippen molar-refractivity contribution in [1.29, 1.82) is 0 Å². The number of amides is 2. The Kier molecular flexibility index (Phi) is 9.12. The second-order valence-electron chi connectivity index (χ2n) is 7.12. The Labute approximate surface area is 218 Å². The molecule has 0 heterocycles. The summed E-state index contributed by atoms with van der Waals surface area (Å²) in [4.78, 5) is 21.2. The van der Waals surface area contributed by atoms with E-state index in [1.807, 2.05) is 0 Å². The zero-order valence-electron chi connectivity index (χ0n) is 19.2. The van der Waals surface area contributed by atoms with Gasteiger partial charge in [0.05, 0.1) is 33.2 Å². The van der Waals surface area contributed by atoms with Gasteiger partial charge in [-0.15, -0.1) is 14.6 Å². The van der Waals surface area contributed by atoms with Crippen LogP contribution in [0.5, 0.6) is 0 Å². The second kappa shape index (κ2) is 12.3. The van der Waals surface area contributed by atoms with Gasteiger partial charge in [0, 0.05) is 30.6 Å². The number of primary amides is 1. The first-order valence-electron chi connectivity index (χ1n) is 10.1. The highest BCUT2D eigenvalue weighted by Gasteiger charge is 2.21. The number of anilines is 4. The lowest BCUT2D eigenvalue weighted by Gasteiger charge is -2.12. The molecular formula is C20H19N7O9S2. The number of carbonyl (C=O) groups excluding carboxylic acids is 1. The number of rotatable bonds is 11. The van der Waals surface area contributed by atoms with Gasteiger partial charge >= 0.3 is 6.03 Å². The zero-order chi connectivity index (χ0) is 27.9. The molecule has 0 radical (unpaired) electrons. The molecule has 38 heavy (non-hydrogen) atoms. The van der Waals surface area contributed by atoms with Crippen LogP contribution in [-0.2, 0) is 19.5 Å². The molecule has 0 aromatic heterocycles. The van der Waals surface area contributed by atoms with E-state index in [2.05, 4.69) is 35.6 Å². The quantitative estimate of drug-likeness (QED) is 0.0451. The van der Waals surface area contributed by atoms with E-state index in [0.29, 0.717) is 23.8 Å². The molecule has 3 rings (SSSR count). The van der Waals surface area contributed by atoms with Crippen LogP contribution < -0.4 is 21.7 Å². The second-order valence-corrected chi connectivity index (χ2v) is 9.25. The molecule has 7 N–H and O–H groups in total. The Morgan fingerprint density at radius 1 is 1.05 bits per heavy atom. The Morgan fingerprint density at radius 2 is 1.76 bits per heavy atom. The largest absolute Gasteiger partial charge is 0.388 e. The third-order valence-electron chi connectivity index (χ3n) is 4.65. The van der Waals surface area contributed by atoms with Crippen molar-refractivity contribution in [3.8, 4) is 0 Å². The Balaban J connectivity index is 2.03. The summed E-state index contributed by atoms with van der Waals surface area (Å²) < 4.78 is 37.7. The molecular weight excluding hydrogens is 546 g/mol. The highest BCUT2D eigenvalue weighted by atomic mass is 32.2. The van der Waals surface area contributed by atoms with Crippen LogP contribution in [0.15, 0.2) is 74.6 Å². The molecule has 2 amide bonds. The fraction of sp³-hybridized carbons (Fsp3) is 0.0500. The van der Waals surface area contributed by atoms with Crippen molar-refractivity contribution in [2.24, 2.45) is 16.0 Å². The summed E-state index contributed by atoms with van der Waals surface area (Å²) >= 11 is 0.566. The predicted octanol–water partition coefficient (Wildman–Crippen LogP) is 4.96. The maximum absolute atomic E-state index is 11.8. The van der Waals surface area contributed by atoms with Crippen LogP contribution in [0.3, 0.4) is 0 Å². The number of carbonyl (C=O) groups is 1. The van der Waals surface area contributed by atoms with E-state index in [9.17, 15) is 27.9 Å². The van der Waals surface area contributed by atoms with Gasteiger partial charge in [0.25, 0.3) is 15.8 Å². The van der Waals surface area contributed by atoms with Gasteiger partial charge < -0.3 is 21.7 Å². The number of hydrogen-bond acceptors (Lipinski definition) is 13. The standard InChI is InChI=1S/C20H19N7O9S2/c1-22-11-2-5-14(16(8-11)24-20(21)28)25-26-17-9-12(3-7-18(17)37-36-35-31)23-15-6-4-13(27(29)30)10-19(15)38(32,33)34/h2-10,22-23,31H,1H3,(H3,21,24,28)(H,32,33,34). The molecule has 0 aliphatic carbocycles. The average molecular weight is 566 g/mol. The first-order valence-corrected chi connectivity index (χ1v) is 12.3. The van der Waals surface area contributed by atoms with E-state index in [1.54, 1.807) is 25.2 Å². The van der Waals surface area contributed by atoms with E-state index in [1.165, 1.54) is 18.2 Å². The minimum Gasteiger partial charge on any atom is -0.388 e. The number of nitrogens with one attached hydrogen (secondary N) is 3. The number of nitrogens with two attached hydrogens (primary N) is 1. The number of urea groups is 1. The highest BCUT2D eigenvalue weighted by Crippen LogP contribution is 2.37. The van der Waals surface area contributed by atoms with Crippen molar-refractivity contribution in [2.45, 2.75) is 9.79 Å². The number of non-ortho nitro benzene ring substituents is 1.